The van der Waals surface area contributed by atoms with Gasteiger partial charge in [-0.1, -0.05) is 31.1 Å². The summed E-state index contributed by atoms with van der Waals surface area (Å²) in [6.45, 7) is 10.3. The number of aliphatic hydroxyl groups excluding tert-OH is 2. The fraction of sp³-hybridized carbons (Fsp3) is 0.815. The van der Waals surface area contributed by atoms with E-state index in [9.17, 15) is 20.1 Å². The van der Waals surface area contributed by atoms with Gasteiger partial charge < -0.3 is 15.3 Å². The largest absolute Gasteiger partial charge is 0.393 e. The predicted molar refractivity (Wildman–Crippen MR) is 122 cm³/mol. The highest BCUT2D eigenvalue weighted by atomic mass is 16.3. The van der Waals surface area contributed by atoms with Crippen LogP contribution >= 0.6 is 0 Å². The lowest BCUT2D eigenvalue weighted by atomic mass is 9.47. The van der Waals surface area contributed by atoms with Crippen LogP contribution in [0.25, 0.3) is 0 Å². The van der Waals surface area contributed by atoms with Crippen molar-refractivity contribution >= 4 is 5.78 Å². The minimum absolute atomic E-state index is 0.00768. The monoisotopic (exact) mass is 430 g/mol. The highest BCUT2D eigenvalue weighted by Crippen LogP contribution is 2.66. The summed E-state index contributed by atoms with van der Waals surface area (Å²) in [6, 6.07) is 0. The van der Waals surface area contributed by atoms with E-state index in [2.05, 4.69) is 19.9 Å². The van der Waals surface area contributed by atoms with Gasteiger partial charge in [0.25, 0.3) is 0 Å². The van der Waals surface area contributed by atoms with E-state index in [1.54, 1.807) is 6.08 Å². The topological polar surface area (TPSA) is 77.8 Å². The Morgan fingerprint density at radius 3 is 2.55 bits per heavy atom. The number of fused-ring (bicyclic) bond motifs is 5. The SMILES string of the molecule is CC(C)=CC(=O)C[C@](C)(O)[C@H]1CC[C@H]2[C@@H]3C[C@H](O)[C@H]4C[C@@H](O)CC[C@]4(C)C3=CC[C@@]21C. The van der Waals surface area contributed by atoms with E-state index in [-0.39, 0.29) is 47.1 Å². The second kappa shape index (κ2) is 7.81. The van der Waals surface area contributed by atoms with Gasteiger partial charge in [-0.2, -0.15) is 0 Å². The molecule has 3 N–H and O–H groups in total. The second-order valence-electron chi connectivity index (χ2n) is 12.2. The molecule has 3 fully saturated rings. The molecule has 0 saturated heterocycles. The smallest absolute Gasteiger partial charge is 0.158 e. The highest BCUT2D eigenvalue weighted by molar-refractivity contribution is 5.90. The molecule has 0 heterocycles. The first-order valence-electron chi connectivity index (χ1n) is 12.4. The molecule has 0 unspecified atom stereocenters. The Hall–Kier alpha value is -0.970. The number of hydrogen-bond donors (Lipinski definition) is 3. The predicted octanol–water partition coefficient (Wildman–Crippen LogP) is 4.57. The van der Waals surface area contributed by atoms with Crippen LogP contribution in [-0.4, -0.2) is 38.9 Å². The van der Waals surface area contributed by atoms with Crippen molar-refractivity contribution in [3.8, 4) is 0 Å². The van der Waals surface area contributed by atoms with Gasteiger partial charge in [0.05, 0.1) is 17.8 Å². The molecule has 0 radical (unpaired) electrons. The molecule has 0 aromatic heterocycles. The van der Waals surface area contributed by atoms with Crippen LogP contribution in [0.15, 0.2) is 23.3 Å². The van der Waals surface area contributed by atoms with Crippen molar-refractivity contribution in [2.75, 3.05) is 0 Å². The van der Waals surface area contributed by atoms with Crippen LogP contribution in [0.2, 0.25) is 0 Å². The van der Waals surface area contributed by atoms with E-state index < -0.39 is 5.60 Å². The number of hydrogen-bond acceptors (Lipinski definition) is 4. The highest BCUT2D eigenvalue weighted by Gasteiger charge is 2.61. The standard InChI is InChI=1S/C27H42O4/c1-16(2)12-18(29)15-27(5,31)24-7-6-20-19-14-23(30)22-13-17(28)8-10-25(22,3)21(19)9-11-26(20,24)4/h9,12,17,19-20,22-24,28,30-31H,6-8,10-11,13-15H2,1-5H3/t17-,19-,20-,22+,23-,24-,25+,26-,27-/m0/s1. The normalized spacial score (nSPS) is 46.1. The quantitative estimate of drug-likeness (QED) is 0.451. The van der Waals surface area contributed by atoms with Crippen molar-refractivity contribution in [3.63, 3.8) is 0 Å². The summed E-state index contributed by atoms with van der Waals surface area (Å²) in [7, 11) is 0. The average molecular weight is 431 g/mol. The number of aliphatic hydroxyl groups is 3. The molecule has 4 aliphatic rings. The van der Waals surface area contributed by atoms with Gasteiger partial charge in [-0.3, -0.25) is 4.79 Å². The third kappa shape index (κ3) is 3.77. The number of carbonyl (C=O) groups excluding carboxylic acids is 1. The number of ketones is 1. The van der Waals surface area contributed by atoms with Gasteiger partial charge in [0, 0.05) is 6.42 Å². The first-order valence-corrected chi connectivity index (χ1v) is 12.4. The second-order valence-corrected chi connectivity index (χ2v) is 12.2. The molecule has 4 heteroatoms. The van der Waals surface area contributed by atoms with Crippen LogP contribution in [0, 0.1) is 34.5 Å². The molecule has 0 bridgehead atoms. The third-order valence-corrected chi connectivity index (χ3v) is 9.75. The molecular formula is C27H42O4. The molecule has 4 aliphatic carbocycles. The summed E-state index contributed by atoms with van der Waals surface area (Å²) < 4.78 is 0. The van der Waals surface area contributed by atoms with Crippen molar-refractivity contribution in [1.29, 1.82) is 0 Å². The molecule has 0 spiro atoms. The van der Waals surface area contributed by atoms with Crippen LogP contribution < -0.4 is 0 Å². The summed E-state index contributed by atoms with van der Waals surface area (Å²) in [5, 5.41) is 32.8. The number of carbonyl (C=O) groups is 1. The lowest BCUT2D eigenvalue weighted by Gasteiger charge is -2.58. The average Bonchev–Trinajstić information content (AvgIpc) is 3.00. The molecule has 31 heavy (non-hydrogen) atoms. The lowest BCUT2D eigenvalue weighted by molar-refractivity contribution is -0.126. The van der Waals surface area contributed by atoms with Crippen LogP contribution in [0.4, 0.5) is 0 Å². The lowest BCUT2D eigenvalue weighted by Crippen LogP contribution is -2.54. The molecule has 174 valence electrons. The fourth-order valence-electron chi connectivity index (χ4n) is 8.42. The van der Waals surface area contributed by atoms with Crippen LogP contribution in [0.3, 0.4) is 0 Å². The zero-order valence-corrected chi connectivity index (χ0v) is 20.0. The van der Waals surface area contributed by atoms with E-state index in [1.165, 1.54) is 5.57 Å². The maximum Gasteiger partial charge on any atom is 0.158 e. The Morgan fingerprint density at radius 2 is 1.87 bits per heavy atom. The van der Waals surface area contributed by atoms with Crippen molar-refractivity contribution in [1.82, 2.24) is 0 Å². The van der Waals surface area contributed by atoms with E-state index in [0.29, 0.717) is 18.3 Å². The van der Waals surface area contributed by atoms with Gasteiger partial charge in [-0.05, 0) is 106 Å². The molecule has 9 atom stereocenters. The van der Waals surface area contributed by atoms with Crippen molar-refractivity contribution in [3.05, 3.63) is 23.3 Å². The van der Waals surface area contributed by atoms with Gasteiger partial charge in [0.2, 0.25) is 0 Å². The third-order valence-electron chi connectivity index (χ3n) is 9.75. The van der Waals surface area contributed by atoms with Crippen molar-refractivity contribution in [2.45, 2.75) is 104 Å². The van der Waals surface area contributed by atoms with Crippen LogP contribution in [0.1, 0.15) is 86.0 Å². The van der Waals surface area contributed by atoms with Crippen molar-refractivity contribution < 1.29 is 20.1 Å². The summed E-state index contributed by atoms with van der Waals surface area (Å²) in [4.78, 5) is 12.5. The minimum Gasteiger partial charge on any atom is -0.393 e. The van der Waals surface area contributed by atoms with Gasteiger partial charge >= 0.3 is 0 Å². The van der Waals surface area contributed by atoms with Crippen LogP contribution in [-0.2, 0) is 4.79 Å². The Balaban J connectivity index is 1.62. The fourth-order valence-corrected chi connectivity index (χ4v) is 8.42. The molecule has 0 aliphatic heterocycles. The van der Waals surface area contributed by atoms with Gasteiger partial charge in [0.15, 0.2) is 5.78 Å². The van der Waals surface area contributed by atoms with Crippen LogP contribution in [0.5, 0.6) is 0 Å². The molecule has 0 aromatic carbocycles. The first-order chi connectivity index (χ1) is 14.4. The van der Waals surface area contributed by atoms with E-state index in [4.69, 9.17) is 0 Å². The Morgan fingerprint density at radius 1 is 1.16 bits per heavy atom. The van der Waals surface area contributed by atoms with E-state index in [0.717, 1.165) is 44.1 Å². The molecular weight excluding hydrogens is 388 g/mol. The Kier molecular flexibility index (Phi) is 5.85. The van der Waals surface area contributed by atoms with Gasteiger partial charge in [-0.25, -0.2) is 0 Å². The summed E-state index contributed by atoms with van der Waals surface area (Å²) in [5.74, 6) is 1.01. The first kappa shape index (κ1) is 23.2. The maximum absolute atomic E-state index is 12.5. The molecule has 4 rings (SSSR count). The molecule has 0 aromatic rings. The number of rotatable bonds is 4. The van der Waals surface area contributed by atoms with Gasteiger partial charge in [-0.15, -0.1) is 0 Å². The molecule has 4 nitrogen and oxygen atoms in total. The van der Waals surface area contributed by atoms with E-state index >= 15 is 0 Å². The maximum atomic E-state index is 12.5. The van der Waals surface area contributed by atoms with E-state index in [1.807, 2.05) is 20.8 Å². The Bertz CT molecular complexity index is 791. The summed E-state index contributed by atoms with van der Waals surface area (Å²) in [5.41, 5.74) is 1.38. The molecule has 0 amide bonds. The Labute approximate surface area is 187 Å². The van der Waals surface area contributed by atoms with Crippen molar-refractivity contribution in [2.24, 2.45) is 34.5 Å². The summed E-state index contributed by atoms with van der Waals surface area (Å²) >= 11 is 0. The zero-order chi connectivity index (χ0) is 22.8. The summed E-state index contributed by atoms with van der Waals surface area (Å²) in [6.07, 6.45) is 9.74. The number of allylic oxidation sites excluding steroid dienone is 4. The zero-order valence-electron chi connectivity index (χ0n) is 20.0. The minimum atomic E-state index is -1.02. The molecule has 3 saturated carbocycles. The van der Waals surface area contributed by atoms with Gasteiger partial charge in [0.1, 0.15) is 0 Å².